The number of rotatable bonds is 6. The van der Waals surface area contributed by atoms with Gasteiger partial charge in [-0.25, -0.2) is 13.8 Å². The van der Waals surface area contributed by atoms with Gasteiger partial charge in [-0.3, -0.25) is 0 Å². The largest absolute Gasteiger partial charge is 0.333 e. The zero-order valence-electron chi connectivity index (χ0n) is 10.0. The highest BCUT2D eigenvalue weighted by Gasteiger charge is 2.08. The van der Waals surface area contributed by atoms with Crippen LogP contribution >= 0.6 is 23.5 Å². The van der Waals surface area contributed by atoms with Gasteiger partial charge in [-0.2, -0.15) is 11.8 Å². The van der Waals surface area contributed by atoms with Crippen molar-refractivity contribution in [1.29, 1.82) is 0 Å². The molecule has 1 aromatic heterocycles. The van der Waals surface area contributed by atoms with Gasteiger partial charge in [-0.1, -0.05) is 18.7 Å². The van der Waals surface area contributed by atoms with Gasteiger partial charge in [0.05, 0.1) is 11.0 Å². The van der Waals surface area contributed by atoms with Crippen LogP contribution in [-0.4, -0.2) is 27.2 Å². The van der Waals surface area contributed by atoms with Crippen molar-refractivity contribution in [2.75, 3.05) is 17.3 Å². The summed E-state index contributed by atoms with van der Waals surface area (Å²) in [5.41, 5.74) is 1.01. The van der Waals surface area contributed by atoms with Crippen LogP contribution in [0.3, 0.4) is 0 Å². The monoisotopic (exact) mass is 288 g/mol. The summed E-state index contributed by atoms with van der Waals surface area (Å²) in [5.74, 6) is 1.52. The predicted molar refractivity (Wildman–Crippen MR) is 74.3 cm³/mol. The van der Waals surface area contributed by atoms with Gasteiger partial charge in [0.15, 0.2) is 16.8 Å². The normalized spacial score (nSPS) is 11.3. The molecule has 2 nitrogen and oxygen atoms in total. The van der Waals surface area contributed by atoms with E-state index in [1.807, 2.05) is 11.8 Å². The molecule has 2 rings (SSSR count). The minimum absolute atomic E-state index is 0.472. The number of hydrogen-bond acceptors (Lipinski definition) is 3. The molecule has 0 fully saturated rings. The maximum Gasteiger partial charge on any atom is 0.166 e. The number of nitrogens with zero attached hydrogens (tertiary/aromatic N) is 1. The molecule has 0 aliphatic heterocycles. The number of aromatic nitrogens is 2. The van der Waals surface area contributed by atoms with Crippen LogP contribution in [0.25, 0.3) is 11.0 Å². The van der Waals surface area contributed by atoms with Crippen LogP contribution in [-0.2, 0) is 0 Å². The van der Waals surface area contributed by atoms with E-state index in [0.717, 1.165) is 41.0 Å². The fourth-order valence-corrected chi connectivity index (χ4v) is 3.17. The number of fused-ring (bicyclic) bond motifs is 1. The lowest BCUT2D eigenvalue weighted by Crippen LogP contribution is -1.85. The highest BCUT2D eigenvalue weighted by atomic mass is 32.2. The molecule has 0 saturated carbocycles. The molecular weight excluding hydrogens is 274 g/mol. The fourth-order valence-electron chi connectivity index (χ4n) is 1.52. The lowest BCUT2D eigenvalue weighted by atomic mass is 10.3. The maximum atomic E-state index is 13.0. The number of aromatic amines is 1. The molecule has 0 amide bonds. The molecule has 6 heteroatoms. The minimum atomic E-state index is -0.857. The first-order valence-corrected chi connectivity index (χ1v) is 7.90. The smallest absolute Gasteiger partial charge is 0.166 e. The number of imidazole rings is 1. The van der Waals surface area contributed by atoms with Gasteiger partial charge < -0.3 is 4.98 Å². The summed E-state index contributed by atoms with van der Waals surface area (Å²) in [5, 5.41) is 0.719. The first-order chi connectivity index (χ1) is 8.70. The third kappa shape index (κ3) is 3.38. The maximum absolute atomic E-state index is 13.0. The average molecular weight is 288 g/mol. The Morgan fingerprint density at radius 3 is 2.78 bits per heavy atom. The Morgan fingerprint density at radius 2 is 2.00 bits per heavy atom. The second-order valence-corrected chi connectivity index (χ2v) is 6.20. The van der Waals surface area contributed by atoms with E-state index in [1.165, 1.54) is 0 Å². The summed E-state index contributed by atoms with van der Waals surface area (Å²) in [4.78, 5) is 7.22. The highest BCUT2D eigenvalue weighted by molar-refractivity contribution is 8.00. The Morgan fingerprint density at radius 1 is 1.22 bits per heavy atom. The molecule has 0 spiro atoms. The van der Waals surface area contributed by atoms with Gasteiger partial charge in [0, 0.05) is 17.9 Å². The zero-order chi connectivity index (χ0) is 13.0. The van der Waals surface area contributed by atoms with Gasteiger partial charge in [-0.05, 0) is 17.9 Å². The van der Waals surface area contributed by atoms with Crippen LogP contribution in [0.4, 0.5) is 8.78 Å². The van der Waals surface area contributed by atoms with E-state index in [1.54, 1.807) is 11.8 Å². The summed E-state index contributed by atoms with van der Waals surface area (Å²) in [7, 11) is 0. The molecule has 2 aromatic rings. The standard InChI is InChI=1S/C12H14F2N2S2/c1-2-17-4-3-5-18-12-15-10-6-8(13)9(14)7-11(10)16-12/h6-7H,2-5H2,1H3,(H,15,16). The van der Waals surface area contributed by atoms with Crippen molar-refractivity contribution < 1.29 is 8.78 Å². The Kier molecular flexibility index (Phi) is 4.88. The van der Waals surface area contributed by atoms with E-state index < -0.39 is 11.6 Å². The molecule has 0 bridgehead atoms. The second-order valence-electron chi connectivity index (χ2n) is 3.72. The number of H-pyrrole nitrogens is 1. The summed E-state index contributed by atoms with van der Waals surface area (Å²) < 4.78 is 26.0. The average Bonchev–Trinajstić information content (AvgIpc) is 2.71. The van der Waals surface area contributed by atoms with Crippen molar-refractivity contribution in [3.8, 4) is 0 Å². The van der Waals surface area contributed by atoms with E-state index in [-0.39, 0.29) is 0 Å². The van der Waals surface area contributed by atoms with Crippen molar-refractivity contribution in [2.45, 2.75) is 18.5 Å². The molecule has 0 saturated heterocycles. The topological polar surface area (TPSA) is 28.7 Å². The molecule has 1 heterocycles. The van der Waals surface area contributed by atoms with E-state index in [2.05, 4.69) is 16.9 Å². The fraction of sp³-hybridized carbons (Fsp3) is 0.417. The van der Waals surface area contributed by atoms with Gasteiger partial charge in [0.1, 0.15) is 0 Å². The molecule has 0 aliphatic carbocycles. The highest BCUT2D eigenvalue weighted by Crippen LogP contribution is 2.22. The van der Waals surface area contributed by atoms with E-state index >= 15 is 0 Å². The van der Waals surface area contributed by atoms with Crippen LogP contribution < -0.4 is 0 Å². The first-order valence-electron chi connectivity index (χ1n) is 5.76. The van der Waals surface area contributed by atoms with Crippen molar-refractivity contribution in [2.24, 2.45) is 0 Å². The molecule has 1 aromatic carbocycles. The van der Waals surface area contributed by atoms with Crippen LogP contribution in [0.5, 0.6) is 0 Å². The van der Waals surface area contributed by atoms with E-state index in [0.29, 0.717) is 11.0 Å². The SMILES string of the molecule is CCSCCCSc1nc2cc(F)c(F)cc2[nH]1. The Labute approximate surface area is 113 Å². The molecule has 1 N–H and O–H groups in total. The molecule has 0 unspecified atom stereocenters. The predicted octanol–water partition coefficient (Wildman–Crippen LogP) is 4.08. The quantitative estimate of drug-likeness (QED) is 0.641. The van der Waals surface area contributed by atoms with Gasteiger partial charge >= 0.3 is 0 Å². The summed E-state index contributed by atoms with van der Waals surface area (Å²) >= 11 is 3.49. The third-order valence-corrected chi connectivity index (χ3v) is 4.32. The van der Waals surface area contributed by atoms with Crippen LogP contribution in [0, 0.1) is 11.6 Å². The van der Waals surface area contributed by atoms with Crippen LogP contribution in [0.2, 0.25) is 0 Å². The van der Waals surface area contributed by atoms with Gasteiger partial charge in [-0.15, -0.1) is 0 Å². The molecular formula is C12H14F2N2S2. The lowest BCUT2D eigenvalue weighted by Gasteiger charge is -1.97. The van der Waals surface area contributed by atoms with Gasteiger partial charge in [0.2, 0.25) is 0 Å². The number of hydrogen-bond donors (Lipinski definition) is 1. The van der Waals surface area contributed by atoms with E-state index in [4.69, 9.17) is 0 Å². The Bertz CT molecular complexity index is 489. The minimum Gasteiger partial charge on any atom is -0.333 e. The zero-order valence-corrected chi connectivity index (χ0v) is 11.6. The lowest BCUT2D eigenvalue weighted by molar-refractivity contribution is 0.510. The number of halogens is 2. The number of benzene rings is 1. The molecule has 0 radical (unpaired) electrons. The van der Waals surface area contributed by atoms with Crippen LogP contribution in [0.1, 0.15) is 13.3 Å². The van der Waals surface area contributed by atoms with Crippen LogP contribution in [0.15, 0.2) is 17.3 Å². The molecule has 0 atom stereocenters. The summed E-state index contributed by atoms with van der Waals surface area (Å²) in [6.45, 7) is 2.14. The van der Waals surface area contributed by atoms with Crippen molar-refractivity contribution in [1.82, 2.24) is 9.97 Å². The Balaban J connectivity index is 1.97. The van der Waals surface area contributed by atoms with Crippen molar-refractivity contribution in [3.63, 3.8) is 0 Å². The third-order valence-electron chi connectivity index (χ3n) is 2.38. The summed E-state index contributed by atoms with van der Waals surface area (Å²) in [6.07, 6.45) is 1.10. The number of nitrogens with one attached hydrogen (secondary N) is 1. The van der Waals surface area contributed by atoms with Gasteiger partial charge in [0.25, 0.3) is 0 Å². The Hall–Kier alpha value is -0.750. The summed E-state index contributed by atoms with van der Waals surface area (Å²) in [6, 6.07) is 2.27. The molecule has 0 aliphatic rings. The first kappa shape index (κ1) is 13.7. The van der Waals surface area contributed by atoms with Crippen molar-refractivity contribution >= 4 is 34.6 Å². The second kappa shape index (κ2) is 6.43. The molecule has 18 heavy (non-hydrogen) atoms. The van der Waals surface area contributed by atoms with Crippen molar-refractivity contribution in [3.05, 3.63) is 23.8 Å². The number of thioether (sulfide) groups is 2. The van der Waals surface area contributed by atoms with E-state index in [9.17, 15) is 8.78 Å². The molecule has 98 valence electrons.